The second-order valence-corrected chi connectivity index (χ2v) is 4.19. The fourth-order valence-corrected chi connectivity index (χ4v) is 1.90. The van der Waals surface area contributed by atoms with Crippen molar-refractivity contribution in [2.75, 3.05) is 11.9 Å². The molecule has 18 heavy (non-hydrogen) atoms. The number of aromatic nitrogens is 1. The zero-order chi connectivity index (χ0) is 13.0. The van der Waals surface area contributed by atoms with E-state index in [2.05, 4.69) is 9.88 Å². The fourth-order valence-electron chi connectivity index (χ4n) is 1.90. The Bertz CT molecular complexity index is 511. The molecule has 0 amide bonds. The average Bonchev–Trinajstić information content (AvgIpc) is 2.41. The van der Waals surface area contributed by atoms with Crippen LogP contribution in [0.2, 0.25) is 0 Å². The summed E-state index contributed by atoms with van der Waals surface area (Å²) in [5, 5.41) is 0. The van der Waals surface area contributed by atoms with Crippen molar-refractivity contribution in [2.24, 2.45) is 5.73 Å². The van der Waals surface area contributed by atoms with Crippen LogP contribution >= 0.6 is 0 Å². The van der Waals surface area contributed by atoms with Crippen LogP contribution in [-0.2, 0) is 13.1 Å². The summed E-state index contributed by atoms with van der Waals surface area (Å²) in [5.41, 5.74) is 8.79. The highest BCUT2D eigenvalue weighted by molar-refractivity contribution is 5.51. The molecule has 94 valence electrons. The topological polar surface area (TPSA) is 42.2 Å². The quantitative estimate of drug-likeness (QED) is 0.898. The molecule has 1 aromatic heterocycles. The van der Waals surface area contributed by atoms with Crippen LogP contribution in [0.3, 0.4) is 0 Å². The molecule has 0 radical (unpaired) electrons. The fraction of sp³-hybridized carbons (Fsp3) is 0.214. The number of anilines is 1. The van der Waals surface area contributed by atoms with E-state index in [1.165, 1.54) is 12.1 Å². The number of halogens is 1. The van der Waals surface area contributed by atoms with E-state index in [-0.39, 0.29) is 5.82 Å². The third-order valence-electron chi connectivity index (χ3n) is 2.84. The normalized spacial score (nSPS) is 10.4. The van der Waals surface area contributed by atoms with Crippen molar-refractivity contribution in [1.29, 1.82) is 0 Å². The SMILES string of the molecule is CN(Cc1ccc(F)cc1)c1ccncc1CN. The number of rotatable bonds is 4. The summed E-state index contributed by atoms with van der Waals surface area (Å²) in [6.07, 6.45) is 3.52. The van der Waals surface area contributed by atoms with Gasteiger partial charge in [-0.3, -0.25) is 4.98 Å². The number of nitrogens with zero attached hydrogens (tertiary/aromatic N) is 2. The van der Waals surface area contributed by atoms with Gasteiger partial charge in [-0.25, -0.2) is 4.39 Å². The molecular weight excluding hydrogens is 229 g/mol. The lowest BCUT2D eigenvalue weighted by molar-refractivity contribution is 0.627. The maximum Gasteiger partial charge on any atom is 0.123 e. The average molecular weight is 245 g/mol. The van der Waals surface area contributed by atoms with Gasteiger partial charge >= 0.3 is 0 Å². The predicted octanol–water partition coefficient (Wildman–Crippen LogP) is 2.32. The van der Waals surface area contributed by atoms with E-state index >= 15 is 0 Å². The third kappa shape index (κ3) is 2.84. The van der Waals surface area contributed by atoms with Gasteiger partial charge in [-0.05, 0) is 23.8 Å². The van der Waals surface area contributed by atoms with Gasteiger partial charge in [-0.2, -0.15) is 0 Å². The zero-order valence-electron chi connectivity index (χ0n) is 10.3. The molecule has 0 atom stereocenters. The predicted molar refractivity (Wildman–Crippen MR) is 70.6 cm³/mol. The van der Waals surface area contributed by atoms with Gasteiger partial charge in [0, 0.05) is 43.8 Å². The van der Waals surface area contributed by atoms with Gasteiger partial charge in [0.1, 0.15) is 5.82 Å². The molecule has 0 fully saturated rings. The van der Waals surface area contributed by atoms with Crippen molar-refractivity contribution in [3.8, 4) is 0 Å². The molecule has 1 heterocycles. The van der Waals surface area contributed by atoms with Gasteiger partial charge in [-0.1, -0.05) is 12.1 Å². The van der Waals surface area contributed by atoms with Crippen LogP contribution in [0, 0.1) is 5.82 Å². The minimum Gasteiger partial charge on any atom is -0.370 e. The van der Waals surface area contributed by atoms with Gasteiger partial charge in [0.25, 0.3) is 0 Å². The van der Waals surface area contributed by atoms with Crippen LogP contribution in [0.5, 0.6) is 0 Å². The largest absolute Gasteiger partial charge is 0.370 e. The van der Waals surface area contributed by atoms with Crippen LogP contribution in [0.1, 0.15) is 11.1 Å². The number of nitrogens with two attached hydrogens (primary N) is 1. The van der Waals surface area contributed by atoms with E-state index in [9.17, 15) is 4.39 Å². The third-order valence-corrected chi connectivity index (χ3v) is 2.84. The highest BCUT2D eigenvalue weighted by atomic mass is 19.1. The molecule has 0 aliphatic rings. The Balaban J connectivity index is 2.16. The van der Waals surface area contributed by atoms with Crippen LogP contribution < -0.4 is 10.6 Å². The van der Waals surface area contributed by atoms with Gasteiger partial charge in [0.2, 0.25) is 0 Å². The zero-order valence-corrected chi connectivity index (χ0v) is 10.3. The molecular formula is C14H16FN3. The molecule has 0 saturated heterocycles. The second kappa shape index (κ2) is 5.60. The van der Waals surface area contributed by atoms with Crippen LogP contribution in [0.15, 0.2) is 42.7 Å². The Labute approximate surface area is 106 Å². The van der Waals surface area contributed by atoms with Gasteiger partial charge in [0.05, 0.1) is 0 Å². The number of hydrogen-bond donors (Lipinski definition) is 1. The molecule has 3 nitrogen and oxygen atoms in total. The molecule has 2 N–H and O–H groups in total. The molecule has 2 aromatic rings. The standard InChI is InChI=1S/C14H16FN3/c1-18(10-11-2-4-13(15)5-3-11)14-6-7-17-9-12(14)8-16/h2-7,9H,8,10,16H2,1H3. The van der Waals surface area contributed by atoms with Gasteiger partial charge in [-0.15, -0.1) is 0 Å². The highest BCUT2D eigenvalue weighted by Crippen LogP contribution is 2.19. The molecule has 0 aliphatic heterocycles. The van der Waals surface area contributed by atoms with Gasteiger partial charge in [0.15, 0.2) is 0 Å². The number of benzene rings is 1. The lowest BCUT2D eigenvalue weighted by Gasteiger charge is -2.21. The molecule has 2 rings (SSSR count). The van der Waals surface area contributed by atoms with Crippen LogP contribution in [-0.4, -0.2) is 12.0 Å². The summed E-state index contributed by atoms with van der Waals surface area (Å²) in [4.78, 5) is 6.14. The smallest absolute Gasteiger partial charge is 0.123 e. The number of pyridine rings is 1. The first-order valence-electron chi connectivity index (χ1n) is 5.79. The van der Waals surface area contributed by atoms with Gasteiger partial charge < -0.3 is 10.6 Å². The Kier molecular flexibility index (Phi) is 3.89. The minimum atomic E-state index is -0.215. The molecule has 1 aromatic carbocycles. The van der Waals surface area contributed by atoms with Crippen molar-refractivity contribution in [1.82, 2.24) is 4.98 Å². The molecule has 4 heteroatoms. The Morgan fingerprint density at radius 3 is 2.61 bits per heavy atom. The highest BCUT2D eigenvalue weighted by Gasteiger charge is 2.06. The molecule has 0 aliphatic carbocycles. The van der Waals surface area contributed by atoms with Crippen molar-refractivity contribution in [3.63, 3.8) is 0 Å². The van der Waals surface area contributed by atoms with E-state index in [0.717, 1.165) is 16.8 Å². The van der Waals surface area contributed by atoms with E-state index in [1.807, 2.05) is 13.1 Å². The summed E-state index contributed by atoms with van der Waals surface area (Å²) in [6, 6.07) is 8.45. The second-order valence-electron chi connectivity index (χ2n) is 4.19. The maximum absolute atomic E-state index is 12.8. The van der Waals surface area contributed by atoms with Crippen molar-refractivity contribution < 1.29 is 4.39 Å². The summed E-state index contributed by atoms with van der Waals surface area (Å²) < 4.78 is 12.8. The minimum absolute atomic E-state index is 0.215. The van der Waals surface area contributed by atoms with E-state index < -0.39 is 0 Å². The maximum atomic E-state index is 12.8. The van der Waals surface area contributed by atoms with Crippen LogP contribution in [0.25, 0.3) is 0 Å². The van der Waals surface area contributed by atoms with Crippen molar-refractivity contribution >= 4 is 5.69 Å². The molecule has 0 unspecified atom stereocenters. The first kappa shape index (κ1) is 12.5. The van der Waals surface area contributed by atoms with Crippen molar-refractivity contribution in [2.45, 2.75) is 13.1 Å². The van der Waals surface area contributed by atoms with E-state index in [0.29, 0.717) is 13.1 Å². The van der Waals surface area contributed by atoms with E-state index in [1.54, 1.807) is 24.5 Å². The van der Waals surface area contributed by atoms with E-state index in [4.69, 9.17) is 5.73 Å². The molecule has 0 saturated carbocycles. The summed E-state index contributed by atoms with van der Waals surface area (Å²) in [7, 11) is 1.98. The molecule has 0 bridgehead atoms. The summed E-state index contributed by atoms with van der Waals surface area (Å²) in [6.45, 7) is 1.16. The first-order valence-corrected chi connectivity index (χ1v) is 5.79. The lowest BCUT2D eigenvalue weighted by Crippen LogP contribution is -2.19. The monoisotopic (exact) mass is 245 g/mol. The Morgan fingerprint density at radius 2 is 1.94 bits per heavy atom. The number of hydrogen-bond acceptors (Lipinski definition) is 3. The van der Waals surface area contributed by atoms with Crippen molar-refractivity contribution in [3.05, 3.63) is 59.7 Å². The Hall–Kier alpha value is -1.94. The molecule has 0 spiro atoms. The summed E-state index contributed by atoms with van der Waals surface area (Å²) in [5.74, 6) is -0.215. The Morgan fingerprint density at radius 1 is 1.22 bits per heavy atom. The summed E-state index contributed by atoms with van der Waals surface area (Å²) >= 11 is 0. The lowest BCUT2D eigenvalue weighted by atomic mass is 10.1. The first-order chi connectivity index (χ1) is 8.70. The van der Waals surface area contributed by atoms with Crippen LogP contribution in [0.4, 0.5) is 10.1 Å².